The molecule has 9 heteroatoms. The summed E-state index contributed by atoms with van der Waals surface area (Å²) in [6.45, 7) is 2.18. The lowest BCUT2D eigenvalue weighted by Crippen LogP contribution is -2.44. The third kappa shape index (κ3) is 3.36. The maximum absolute atomic E-state index is 12.5. The number of aromatic amines is 1. The molecule has 1 aromatic carbocycles. The van der Waals surface area contributed by atoms with Gasteiger partial charge in [0, 0.05) is 17.2 Å². The summed E-state index contributed by atoms with van der Waals surface area (Å²) in [4.78, 5) is 39.2. The fraction of sp³-hybridized carbons (Fsp3) is 0.188. The second-order valence-electron chi connectivity index (χ2n) is 5.34. The molecule has 0 aliphatic rings. The van der Waals surface area contributed by atoms with Crippen molar-refractivity contribution in [3.05, 3.63) is 57.2 Å². The molecular weight excluding hydrogens is 390 g/mol. The number of halogens is 1. The van der Waals surface area contributed by atoms with E-state index in [0.717, 1.165) is 9.99 Å². The van der Waals surface area contributed by atoms with E-state index in [0.29, 0.717) is 17.8 Å². The number of hydrogen-bond donors (Lipinski definition) is 3. The monoisotopic (exact) mass is 405 g/mol. The van der Waals surface area contributed by atoms with Gasteiger partial charge in [0.2, 0.25) is 0 Å². The van der Waals surface area contributed by atoms with Crippen molar-refractivity contribution in [2.75, 3.05) is 0 Å². The van der Waals surface area contributed by atoms with Crippen LogP contribution in [0.4, 0.5) is 0 Å². The third-order valence-electron chi connectivity index (χ3n) is 3.75. The topological polar surface area (TPSA) is 101 Å². The summed E-state index contributed by atoms with van der Waals surface area (Å²) in [5, 5.41) is 0. The normalized spacial score (nSPS) is 10.8. The fourth-order valence-electron chi connectivity index (χ4n) is 2.61. The minimum Gasteiger partial charge on any atom is -0.356 e. The number of nitrogens with zero attached hydrogens (tertiary/aromatic N) is 2. The predicted octanol–water partition coefficient (Wildman–Crippen LogP) is 1.37. The molecule has 0 spiro atoms. The van der Waals surface area contributed by atoms with E-state index in [-0.39, 0.29) is 12.2 Å². The summed E-state index contributed by atoms with van der Waals surface area (Å²) in [5.41, 5.74) is 6.09. The number of aryl methyl sites for hydroxylation is 1. The van der Waals surface area contributed by atoms with Gasteiger partial charge >= 0.3 is 5.69 Å². The van der Waals surface area contributed by atoms with Gasteiger partial charge in [-0.25, -0.2) is 4.79 Å². The molecule has 0 aliphatic carbocycles. The fourth-order valence-corrected chi connectivity index (χ4v) is 2.95. The Morgan fingerprint density at radius 3 is 2.44 bits per heavy atom. The van der Waals surface area contributed by atoms with Gasteiger partial charge in [0.05, 0.1) is 11.0 Å². The number of carbonyl (C=O) groups excluding carboxylic acids is 2. The molecule has 8 nitrogen and oxygen atoms in total. The number of H-pyrrole nitrogens is 1. The molecule has 0 saturated carbocycles. The van der Waals surface area contributed by atoms with Gasteiger partial charge in [0.25, 0.3) is 11.8 Å². The largest absolute Gasteiger partial charge is 0.356 e. The Morgan fingerprint density at radius 2 is 1.84 bits per heavy atom. The Bertz CT molecular complexity index is 1000. The standard InChI is InChI=1S/C16H16BrN5O3/c1-2-21-12-5-3-4-6-13(12)22(16(21)25)9-14(23)19-20-15(24)11-7-10(17)8-18-11/h3-8,18H,2,9H2,1H3,(H,19,23)(H,20,24). The summed E-state index contributed by atoms with van der Waals surface area (Å²) in [7, 11) is 0. The molecule has 0 atom stereocenters. The first-order valence-electron chi connectivity index (χ1n) is 7.62. The smallest absolute Gasteiger partial charge is 0.329 e. The number of hydrazine groups is 1. The second-order valence-corrected chi connectivity index (χ2v) is 6.25. The number of imidazole rings is 1. The maximum atomic E-state index is 12.5. The summed E-state index contributed by atoms with van der Waals surface area (Å²) >= 11 is 3.23. The summed E-state index contributed by atoms with van der Waals surface area (Å²) in [6, 6.07) is 8.85. The number of rotatable bonds is 4. The van der Waals surface area contributed by atoms with Crippen LogP contribution in [0.15, 0.2) is 45.8 Å². The van der Waals surface area contributed by atoms with Crippen molar-refractivity contribution in [3.63, 3.8) is 0 Å². The zero-order chi connectivity index (χ0) is 18.0. The lowest BCUT2D eigenvalue weighted by atomic mass is 10.3. The molecule has 0 aliphatic heterocycles. The van der Waals surface area contributed by atoms with E-state index in [4.69, 9.17) is 0 Å². The molecule has 0 radical (unpaired) electrons. The number of aromatic nitrogens is 3. The zero-order valence-electron chi connectivity index (χ0n) is 13.4. The zero-order valence-corrected chi connectivity index (χ0v) is 15.0. The van der Waals surface area contributed by atoms with Gasteiger partial charge in [-0.2, -0.15) is 0 Å². The first-order chi connectivity index (χ1) is 12.0. The molecule has 130 valence electrons. The molecule has 0 bridgehead atoms. The molecule has 3 rings (SSSR count). The molecule has 2 aromatic heterocycles. The van der Waals surface area contributed by atoms with Crippen LogP contribution in [0.2, 0.25) is 0 Å². The van der Waals surface area contributed by atoms with Crippen molar-refractivity contribution in [1.82, 2.24) is 25.0 Å². The average Bonchev–Trinajstić information content (AvgIpc) is 3.15. The van der Waals surface area contributed by atoms with Crippen LogP contribution in [0.5, 0.6) is 0 Å². The van der Waals surface area contributed by atoms with Crippen molar-refractivity contribution in [2.24, 2.45) is 0 Å². The van der Waals surface area contributed by atoms with Gasteiger partial charge in [-0.1, -0.05) is 12.1 Å². The number of nitrogens with one attached hydrogen (secondary N) is 3. The van der Waals surface area contributed by atoms with Crippen LogP contribution in [0, 0.1) is 0 Å². The SMILES string of the molecule is CCn1c(=O)n(CC(=O)NNC(=O)c2cc(Br)c[nH]2)c2ccccc21. The van der Waals surface area contributed by atoms with Gasteiger partial charge in [-0.3, -0.25) is 29.6 Å². The van der Waals surface area contributed by atoms with Crippen LogP contribution < -0.4 is 16.5 Å². The van der Waals surface area contributed by atoms with Crippen LogP contribution >= 0.6 is 15.9 Å². The van der Waals surface area contributed by atoms with Gasteiger partial charge in [0.15, 0.2) is 0 Å². The highest BCUT2D eigenvalue weighted by Crippen LogP contribution is 2.12. The Hall–Kier alpha value is -2.81. The first-order valence-corrected chi connectivity index (χ1v) is 8.41. The third-order valence-corrected chi connectivity index (χ3v) is 4.21. The molecule has 2 heterocycles. The van der Waals surface area contributed by atoms with E-state index in [2.05, 4.69) is 31.8 Å². The van der Waals surface area contributed by atoms with Gasteiger partial charge in [0.1, 0.15) is 12.2 Å². The van der Waals surface area contributed by atoms with Gasteiger partial charge < -0.3 is 4.98 Å². The molecule has 2 amide bonds. The van der Waals surface area contributed by atoms with Crippen molar-refractivity contribution in [1.29, 1.82) is 0 Å². The van der Waals surface area contributed by atoms with E-state index >= 15 is 0 Å². The second kappa shape index (κ2) is 6.98. The van der Waals surface area contributed by atoms with Crippen LogP contribution in [-0.4, -0.2) is 25.9 Å². The number of hydrogen-bond acceptors (Lipinski definition) is 3. The Balaban J connectivity index is 1.73. The quantitative estimate of drug-likeness (QED) is 0.571. The lowest BCUT2D eigenvalue weighted by molar-refractivity contribution is -0.122. The highest BCUT2D eigenvalue weighted by atomic mass is 79.9. The molecule has 0 fully saturated rings. The van der Waals surface area contributed by atoms with Gasteiger partial charge in [-0.05, 0) is 41.1 Å². The molecule has 25 heavy (non-hydrogen) atoms. The van der Waals surface area contributed by atoms with Crippen LogP contribution in [0.25, 0.3) is 11.0 Å². The minimum atomic E-state index is -0.500. The Labute approximate surface area is 150 Å². The number of para-hydroxylation sites is 2. The van der Waals surface area contributed by atoms with E-state index < -0.39 is 11.8 Å². The molecule has 3 aromatic rings. The summed E-state index contributed by atoms with van der Waals surface area (Å²) in [6.07, 6.45) is 1.61. The van der Waals surface area contributed by atoms with E-state index in [1.54, 1.807) is 29.0 Å². The number of benzene rings is 1. The van der Waals surface area contributed by atoms with E-state index in [1.807, 2.05) is 19.1 Å². The van der Waals surface area contributed by atoms with E-state index in [9.17, 15) is 14.4 Å². The van der Waals surface area contributed by atoms with Crippen molar-refractivity contribution < 1.29 is 9.59 Å². The summed E-state index contributed by atoms with van der Waals surface area (Å²) < 4.78 is 3.70. The Kier molecular flexibility index (Phi) is 4.75. The van der Waals surface area contributed by atoms with Crippen LogP contribution in [0.1, 0.15) is 17.4 Å². The van der Waals surface area contributed by atoms with Crippen LogP contribution in [-0.2, 0) is 17.9 Å². The number of fused-ring (bicyclic) bond motifs is 1. The van der Waals surface area contributed by atoms with Crippen LogP contribution in [0.3, 0.4) is 0 Å². The highest BCUT2D eigenvalue weighted by Gasteiger charge is 2.15. The Morgan fingerprint density at radius 1 is 1.16 bits per heavy atom. The lowest BCUT2D eigenvalue weighted by Gasteiger charge is -2.07. The van der Waals surface area contributed by atoms with Crippen molar-refractivity contribution in [2.45, 2.75) is 20.0 Å². The van der Waals surface area contributed by atoms with E-state index in [1.165, 1.54) is 4.57 Å². The summed E-state index contributed by atoms with van der Waals surface area (Å²) in [5.74, 6) is -0.984. The first kappa shape index (κ1) is 17.0. The molecular formula is C16H16BrN5O3. The highest BCUT2D eigenvalue weighted by molar-refractivity contribution is 9.10. The maximum Gasteiger partial charge on any atom is 0.329 e. The van der Waals surface area contributed by atoms with Gasteiger partial charge in [-0.15, -0.1) is 0 Å². The molecule has 3 N–H and O–H groups in total. The number of amides is 2. The van der Waals surface area contributed by atoms with Crippen molar-refractivity contribution in [3.8, 4) is 0 Å². The predicted molar refractivity (Wildman–Crippen MR) is 96.0 cm³/mol. The molecule has 0 unspecified atom stereocenters. The van der Waals surface area contributed by atoms with Crippen molar-refractivity contribution >= 4 is 38.8 Å². The average molecular weight is 406 g/mol. The minimum absolute atomic E-state index is 0.193. The number of carbonyl (C=O) groups is 2. The molecule has 0 saturated heterocycles.